The van der Waals surface area contributed by atoms with Gasteiger partial charge in [-0.3, -0.25) is 10.1 Å². The van der Waals surface area contributed by atoms with E-state index in [4.69, 9.17) is 4.74 Å². The molecule has 2 unspecified atom stereocenters. The minimum absolute atomic E-state index is 0.0402. The third-order valence-corrected chi connectivity index (χ3v) is 4.57. The minimum atomic E-state index is 0.0402. The predicted molar refractivity (Wildman–Crippen MR) is 75.8 cm³/mol. The van der Waals surface area contributed by atoms with Crippen LogP contribution < -0.4 is 5.32 Å². The Balaban J connectivity index is 2.02. The van der Waals surface area contributed by atoms with Crippen molar-refractivity contribution in [2.24, 2.45) is 5.41 Å². The molecule has 0 bridgehead atoms. The van der Waals surface area contributed by atoms with Crippen LogP contribution in [0.4, 0.5) is 0 Å². The molecule has 110 valence electrons. The van der Waals surface area contributed by atoms with Gasteiger partial charge in [0.15, 0.2) is 0 Å². The first kappa shape index (κ1) is 14.8. The van der Waals surface area contributed by atoms with Gasteiger partial charge >= 0.3 is 0 Å². The molecule has 0 saturated carbocycles. The Hall–Kier alpha value is -0.610. The van der Waals surface area contributed by atoms with Crippen LogP contribution in [-0.2, 0) is 9.53 Å². The van der Waals surface area contributed by atoms with Gasteiger partial charge in [-0.1, -0.05) is 27.2 Å². The highest BCUT2D eigenvalue weighted by Gasteiger charge is 2.41. The molecular formula is C15H28N2O2. The van der Waals surface area contributed by atoms with Gasteiger partial charge in [0.1, 0.15) is 0 Å². The Bertz CT molecular complexity index is 313. The average molecular weight is 268 g/mol. The number of amides is 1. The summed E-state index contributed by atoms with van der Waals surface area (Å²) < 4.78 is 5.45. The van der Waals surface area contributed by atoms with Crippen molar-refractivity contribution in [3.05, 3.63) is 0 Å². The molecule has 0 aromatic rings. The maximum absolute atomic E-state index is 12.5. The normalized spacial score (nSPS) is 30.9. The Morgan fingerprint density at radius 1 is 1.37 bits per heavy atom. The van der Waals surface area contributed by atoms with E-state index >= 15 is 0 Å². The maximum atomic E-state index is 12.5. The number of rotatable bonds is 5. The van der Waals surface area contributed by atoms with Crippen molar-refractivity contribution in [3.63, 3.8) is 0 Å². The Labute approximate surface area is 116 Å². The first-order valence-electron chi connectivity index (χ1n) is 7.74. The molecule has 2 rings (SSSR count). The molecule has 2 atom stereocenters. The lowest BCUT2D eigenvalue weighted by atomic mass is 9.82. The van der Waals surface area contributed by atoms with Crippen LogP contribution in [0.25, 0.3) is 0 Å². The SMILES string of the molecule is CCCC1NC(CC)N(CC2(C)CCOCC2)C1=O. The lowest BCUT2D eigenvalue weighted by molar-refractivity contribution is -0.132. The topological polar surface area (TPSA) is 41.6 Å². The van der Waals surface area contributed by atoms with Crippen molar-refractivity contribution in [2.75, 3.05) is 19.8 Å². The lowest BCUT2D eigenvalue weighted by Crippen LogP contribution is -2.45. The van der Waals surface area contributed by atoms with Crippen molar-refractivity contribution < 1.29 is 9.53 Å². The molecule has 0 aromatic heterocycles. The van der Waals surface area contributed by atoms with Gasteiger partial charge in [-0.05, 0) is 31.1 Å². The van der Waals surface area contributed by atoms with Crippen LogP contribution in [0.2, 0.25) is 0 Å². The summed E-state index contributed by atoms with van der Waals surface area (Å²) in [5.41, 5.74) is 0.226. The smallest absolute Gasteiger partial charge is 0.241 e. The highest BCUT2D eigenvalue weighted by Crippen LogP contribution is 2.33. The molecule has 4 nitrogen and oxygen atoms in total. The van der Waals surface area contributed by atoms with E-state index in [9.17, 15) is 4.79 Å². The van der Waals surface area contributed by atoms with Crippen LogP contribution in [0.5, 0.6) is 0 Å². The van der Waals surface area contributed by atoms with Gasteiger partial charge in [0.2, 0.25) is 5.91 Å². The van der Waals surface area contributed by atoms with Gasteiger partial charge in [-0.2, -0.15) is 0 Å². The molecule has 0 aliphatic carbocycles. The van der Waals surface area contributed by atoms with Gasteiger partial charge in [0.25, 0.3) is 0 Å². The molecular weight excluding hydrogens is 240 g/mol. The number of hydrogen-bond donors (Lipinski definition) is 1. The monoisotopic (exact) mass is 268 g/mol. The molecule has 2 aliphatic heterocycles. The van der Waals surface area contributed by atoms with Crippen LogP contribution in [0.1, 0.15) is 52.9 Å². The molecule has 2 aliphatic rings. The fraction of sp³-hybridized carbons (Fsp3) is 0.933. The molecule has 2 fully saturated rings. The Kier molecular flexibility index (Phi) is 4.85. The highest BCUT2D eigenvalue weighted by molar-refractivity contribution is 5.84. The lowest BCUT2D eigenvalue weighted by Gasteiger charge is -2.38. The van der Waals surface area contributed by atoms with E-state index < -0.39 is 0 Å². The second kappa shape index (κ2) is 6.23. The summed E-state index contributed by atoms with van der Waals surface area (Å²) in [6, 6.07) is 0.0402. The van der Waals surface area contributed by atoms with Crippen LogP contribution in [0.3, 0.4) is 0 Å². The fourth-order valence-corrected chi connectivity index (χ4v) is 3.20. The van der Waals surface area contributed by atoms with Crippen LogP contribution in [-0.4, -0.2) is 42.8 Å². The largest absolute Gasteiger partial charge is 0.381 e. The third-order valence-electron chi connectivity index (χ3n) is 4.57. The van der Waals surface area contributed by atoms with E-state index in [1.165, 1.54) is 0 Å². The zero-order chi connectivity index (χ0) is 13.9. The summed E-state index contributed by atoms with van der Waals surface area (Å²) in [6.07, 6.45) is 5.34. The summed E-state index contributed by atoms with van der Waals surface area (Å²) in [6.45, 7) is 9.13. The van der Waals surface area contributed by atoms with Gasteiger partial charge in [-0.15, -0.1) is 0 Å². The van der Waals surface area contributed by atoms with E-state index in [2.05, 4.69) is 31.0 Å². The second-order valence-corrected chi connectivity index (χ2v) is 6.32. The third kappa shape index (κ3) is 3.29. The molecule has 4 heteroatoms. The zero-order valence-corrected chi connectivity index (χ0v) is 12.6. The molecule has 2 saturated heterocycles. The Morgan fingerprint density at radius 3 is 2.63 bits per heavy atom. The minimum Gasteiger partial charge on any atom is -0.381 e. The highest BCUT2D eigenvalue weighted by atomic mass is 16.5. The van der Waals surface area contributed by atoms with Crippen LogP contribution in [0, 0.1) is 5.41 Å². The van der Waals surface area contributed by atoms with E-state index in [0.717, 1.165) is 51.9 Å². The molecule has 1 N–H and O–H groups in total. The summed E-state index contributed by atoms with van der Waals surface area (Å²) in [5, 5.41) is 3.49. The molecule has 1 amide bonds. The molecule has 19 heavy (non-hydrogen) atoms. The first-order valence-corrected chi connectivity index (χ1v) is 7.74. The maximum Gasteiger partial charge on any atom is 0.241 e. The second-order valence-electron chi connectivity index (χ2n) is 6.32. The quantitative estimate of drug-likeness (QED) is 0.830. The van der Waals surface area contributed by atoms with Crippen molar-refractivity contribution in [2.45, 2.75) is 65.1 Å². The van der Waals surface area contributed by atoms with Crippen LogP contribution >= 0.6 is 0 Å². The zero-order valence-electron chi connectivity index (χ0n) is 12.6. The molecule has 2 heterocycles. The number of nitrogens with one attached hydrogen (secondary N) is 1. The summed E-state index contributed by atoms with van der Waals surface area (Å²) in [4.78, 5) is 14.6. The van der Waals surface area contributed by atoms with Crippen molar-refractivity contribution in [3.8, 4) is 0 Å². The van der Waals surface area contributed by atoms with E-state index in [-0.39, 0.29) is 17.6 Å². The van der Waals surface area contributed by atoms with Gasteiger partial charge in [0, 0.05) is 19.8 Å². The van der Waals surface area contributed by atoms with Crippen molar-refractivity contribution >= 4 is 5.91 Å². The van der Waals surface area contributed by atoms with Crippen molar-refractivity contribution in [1.29, 1.82) is 0 Å². The van der Waals surface area contributed by atoms with Crippen molar-refractivity contribution in [1.82, 2.24) is 10.2 Å². The number of ether oxygens (including phenoxy) is 1. The standard InChI is InChI=1S/C15H28N2O2/c1-4-6-12-14(18)17(13(5-2)16-12)11-15(3)7-9-19-10-8-15/h12-13,16H,4-11H2,1-3H3. The molecule has 0 spiro atoms. The fourth-order valence-electron chi connectivity index (χ4n) is 3.20. The van der Waals surface area contributed by atoms with Gasteiger partial charge in [-0.25, -0.2) is 0 Å². The van der Waals surface area contributed by atoms with E-state index in [0.29, 0.717) is 5.91 Å². The summed E-state index contributed by atoms with van der Waals surface area (Å²) >= 11 is 0. The van der Waals surface area contributed by atoms with Crippen LogP contribution in [0.15, 0.2) is 0 Å². The first-order chi connectivity index (χ1) is 9.09. The number of nitrogens with zero attached hydrogens (tertiary/aromatic N) is 1. The Morgan fingerprint density at radius 2 is 2.05 bits per heavy atom. The number of carbonyl (C=O) groups excluding carboxylic acids is 1. The summed E-state index contributed by atoms with van der Waals surface area (Å²) in [5.74, 6) is 0.307. The molecule has 0 radical (unpaired) electrons. The van der Waals surface area contributed by atoms with Gasteiger partial charge in [0.05, 0.1) is 12.2 Å². The van der Waals surface area contributed by atoms with Gasteiger partial charge < -0.3 is 9.64 Å². The number of hydrogen-bond acceptors (Lipinski definition) is 3. The average Bonchev–Trinajstić information content (AvgIpc) is 2.68. The van der Waals surface area contributed by atoms with E-state index in [1.807, 2.05) is 0 Å². The van der Waals surface area contributed by atoms with E-state index in [1.54, 1.807) is 0 Å². The number of carbonyl (C=O) groups is 1. The molecule has 0 aromatic carbocycles. The summed E-state index contributed by atoms with van der Waals surface area (Å²) in [7, 11) is 0. The predicted octanol–water partition coefficient (Wildman–Crippen LogP) is 2.14.